The van der Waals surface area contributed by atoms with Crippen molar-refractivity contribution in [1.82, 2.24) is 20.0 Å². The van der Waals surface area contributed by atoms with Crippen molar-refractivity contribution in [3.8, 4) is 0 Å². The van der Waals surface area contributed by atoms with Crippen LogP contribution in [-0.2, 0) is 22.6 Å². The fourth-order valence-corrected chi connectivity index (χ4v) is 2.86. The van der Waals surface area contributed by atoms with E-state index >= 15 is 0 Å². The summed E-state index contributed by atoms with van der Waals surface area (Å²) in [4.78, 5) is 13.7. The standard InChI is InChI=1S/C15H26N4O2.ClH/c1-11-9-18(8-6-16-11)10-14-12(2)17-19(13(14)3)7-5-15(20)21-4;/h11,16H,5-10H2,1-4H3;1H. The maximum absolute atomic E-state index is 11.3. The van der Waals surface area contributed by atoms with Crippen molar-refractivity contribution < 1.29 is 9.53 Å². The van der Waals surface area contributed by atoms with Crippen LogP contribution in [0.15, 0.2) is 0 Å². The largest absolute Gasteiger partial charge is 0.469 e. The highest BCUT2D eigenvalue weighted by Gasteiger charge is 2.19. The second-order valence-electron chi connectivity index (χ2n) is 5.79. The van der Waals surface area contributed by atoms with Gasteiger partial charge in [0.05, 0.1) is 25.8 Å². The van der Waals surface area contributed by atoms with Crippen LogP contribution >= 0.6 is 12.4 Å². The molecule has 1 fully saturated rings. The molecule has 0 amide bonds. The number of carbonyl (C=O) groups excluding carboxylic acids is 1. The molecular weight excluding hydrogens is 304 g/mol. The van der Waals surface area contributed by atoms with Gasteiger partial charge in [0.1, 0.15) is 0 Å². The Morgan fingerprint density at radius 2 is 2.18 bits per heavy atom. The Hall–Kier alpha value is -1.11. The predicted octanol–water partition coefficient (Wildman–Crippen LogP) is 1.28. The van der Waals surface area contributed by atoms with Crippen molar-refractivity contribution in [3.63, 3.8) is 0 Å². The molecule has 7 heteroatoms. The first-order valence-corrected chi connectivity index (χ1v) is 7.56. The summed E-state index contributed by atoms with van der Waals surface area (Å²) in [6.45, 7) is 11.0. The van der Waals surface area contributed by atoms with Gasteiger partial charge in [0, 0.05) is 43.5 Å². The van der Waals surface area contributed by atoms with Crippen molar-refractivity contribution >= 4 is 18.4 Å². The van der Waals surface area contributed by atoms with Crippen LogP contribution in [0.5, 0.6) is 0 Å². The highest BCUT2D eigenvalue weighted by Crippen LogP contribution is 2.17. The molecule has 0 aliphatic carbocycles. The van der Waals surface area contributed by atoms with E-state index in [2.05, 4.69) is 33.9 Å². The molecule has 6 nitrogen and oxygen atoms in total. The van der Waals surface area contributed by atoms with Crippen LogP contribution in [-0.4, -0.2) is 53.4 Å². The van der Waals surface area contributed by atoms with Crippen molar-refractivity contribution in [2.75, 3.05) is 26.7 Å². The zero-order valence-electron chi connectivity index (χ0n) is 13.9. The van der Waals surface area contributed by atoms with Crippen molar-refractivity contribution in [2.45, 2.75) is 46.3 Å². The molecule has 2 rings (SSSR count). The molecule has 0 radical (unpaired) electrons. The molecule has 1 unspecified atom stereocenters. The summed E-state index contributed by atoms with van der Waals surface area (Å²) >= 11 is 0. The lowest BCUT2D eigenvalue weighted by Gasteiger charge is -2.31. The minimum absolute atomic E-state index is 0. The number of methoxy groups -OCH3 is 1. The quantitative estimate of drug-likeness (QED) is 0.824. The number of halogens is 1. The number of aromatic nitrogens is 2. The zero-order valence-corrected chi connectivity index (χ0v) is 14.7. The molecule has 1 aromatic rings. The third-order valence-corrected chi connectivity index (χ3v) is 4.12. The number of rotatable bonds is 5. The lowest BCUT2D eigenvalue weighted by Crippen LogP contribution is -2.48. The van der Waals surface area contributed by atoms with Crippen molar-refractivity contribution in [2.24, 2.45) is 0 Å². The molecule has 126 valence electrons. The Balaban J connectivity index is 0.00000242. The Bertz CT molecular complexity index is 504. The molecule has 1 saturated heterocycles. The number of nitrogens with one attached hydrogen (secondary N) is 1. The first-order valence-electron chi connectivity index (χ1n) is 7.56. The minimum atomic E-state index is -0.194. The average molecular weight is 331 g/mol. The van der Waals surface area contributed by atoms with Crippen LogP contribution in [0.4, 0.5) is 0 Å². The topological polar surface area (TPSA) is 59.4 Å². The maximum atomic E-state index is 11.3. The van der Waals surface area contributed by atoms with E-state index in [0.717, 1.165) is 37.6 Å². The van der Waals surface area contributed by atoms with Gasteiger partial charge in [-0.2, -0.15) is 5.10 Å². The van der Waals surface area contributed by atoms with Gasteiger partial charge in [-0.05, 0) is 20.8 Å². The smallest absolute Gasteiger partial charge is 0.307 e. The number of piperazine rings is 1. The summed E-state index contributed by atoms with van der Waals surface area (Å²) in [5.41, 5.74) is 3.50. The summed E-state index contributed by atoms with van der Waals surface area (Å²) in [6, 6.07) is 0.536. The van der Waals surface area contributed by atoms with Crippen LogP contribution in [0.1, 0.15) is 30.3 Å². The number of hydrogen-bond acceptors (Lipinski definition) is 5. The van der Waals surface area contributed by atoms with Gasteiger partial charge < -0.3 is 10.1 Å². The van der Waals surface area contributed by atoms with Gasteiger partial charge in [-0.3, -0.25) is 14.4 Å². The summed E-state index contributed by atoms with van der Waals surface area (Å²) in [5, 5.41) is 8.03. The molecule has 0 spiro atoms. The summed E-state index contributed by atoms with van der Waals surface area (Å²) in [7, 11) is 1.42. The molecule has 0 saturated carbocycles. The van der Waals surface area contributed by atoms with E-state index in [9.17, 15) is 4.79 Å². The van der Waals surface area contributed by atoms with Crippen LogP contribution < -0.4 is 5.32 Å². The summed E-state index contributed by atoms with van der Waals surface area (Å²) in [6.07, 6.45) is 0.364. The lowest BCUT2D eigenvalue weighted by molar-refractivity contribution is -0.140. The number of aryl methyl sites for hydroxylation is 2. The van der Waals surface area contributed by atoms with Crippen LogP contribution in [0.2, 0.25) is 0 Å². The molecule has 2 heterocycles. The molecule has 1 atom stereocenters. The second-order valence-corrected chi connectivity index (χ2v) is 5.79. The lowest BCUT2D eigenvalue weighted by atomic mass is 10.1. The Kier molecular flexibility index (Phi) is 7.32. The number of carbonyl (C=O) groups is 1. The van der Waals surface area contributed by atoms with Crippen LogP contribution in [0, 0.1) is 13.8 Å². The Labute approximate surface area is 138 Å². The molecular formula is C15H27ClN4O2. The van der Waals surface area contributed by atoms with Gasteiger partial charge in [0.15, 0.2) is 0 Å². The molecule has 0 bridgehead atoms. The first kappa shape index (κ1) is 18.9. The Morgan fingerprint density at radius 3 is 2.82 bits per heavy atom. The van der Waals surface area contributed by atoms with Gasteiger partial charge in [-0.15, -0.1) is 12.4 Å². The molecule has 0 aromatic carbocycles. The van der Waals surface area contributed by atoms with E-state index in [0.29, 0.717) is 19.0 Å². The first-order chi connectivity index (χ1) is 10.0. The van der Waals surface area contributed by atoms with Crippen LogP contribution in [0.25, 0.3) is 0 Å². The number of ether oxygens (including phenoxy) is 1. The minimum Gasteiger partial charge on any atom is -0.469 e. The third kappa shape index (κ3) is 4.69. The normalized spacial score (nSPS) is 18.8. The van der Waals surface area contributed by atoms with E-state index in [1.54, 1.807) is 0 Å². The fraction of sp³-hybridized carbons (Fsp3) is 0.733. The molecule has 1 N–H and O–H groups in total. The highest BCUT2D eigenvalue weighted by molar-refractivity contribution is 5.85. The van der Waals surface area contributed by atoms with Crippen molar-refractivity contribution in [3.05, 3.63) is 17.0 Å². The van der Waals surface area contributed by atoms with Gasteiger partial charge in [0.2, 0.25) is 0 Å². The fourth-order valence-electron chi connectivity index (χ4n) is 2.86. The molecule has 1 aliphatic heterocycles. The van der Waals surface area contributed by atoms with Gasteiger partial charge in [-0.1, -0.05) is 0 Å². The SMILES string of the molecule is COC(=O)CCn1nc(C)c(CN2CCNC(C)C2)c1C.Cl. The molecule has 1 aromatic heterocycles. The second kappa shape index (κ2) is 8.50. The molecule has 22 heavy (non-hydrogen) atoms. The third-order valence-electron chi connectivity index (χ3n) is 4.12. The van der Waals surface area contributed by atoms with Crippen LogP contribution in [0.3, 0.4) is 0 Å². The van der Waals surface area contributed by atoms with Crippen molar-refractivity contribution in [1.29, 1.82) is 0 Å². The number of esters is 1. The zero-order chi connectivity index (χ0) is 15.4. The average Bonchev–Trinajstić information content (AvgIpc) is 2.72. The van der Waals surface area contributed by atoms with E-state index in [-0.39, 0.29) is 18.4 Å². The van der Waals surface area contributed by atoms with Gasteiger partial charge in [-0.25, -0.2) is 0 Å². The molecule has 1 aliphatic rings. The Morgan fingerprint density at radius 1 is 1.45 bits per heavy atom. The summed E-state index contributed by atoms with van der Waals surface area (Å²) in [5.74, 6) is -0.194. The summed E-state index contributed by atoms with van der Waals surface area (Å²) < 4.78 is 6.61. The van der Waals surface area contributed by atoms with E-state index in [4.69, 9.17) is 0 Å². The number of hydrogen-bond donors (Lipinski definition) is 1. The predicted molar refractivity (Wildman–Crippen MR) is 88.3 cm³/mol. The van der Waals surface area contributed by atoms with Gasteiger partial charge >= 0.3 is 5.97 Å². The van der Waals surface area contributed by atoms with E-state index in [1.165, 1.54) is 12.7 Å². The van der Waals surface area contributed by atoms with Gasteiger partial charge in [0.25, 0.3) is 0 Å². The highest BCUT2D eigenvalue weighted by atomic mass is 35.5. The van der Waals surface area contributed by atoms with E-state index < -0.39 is 0 Å². The maximum Gasteiger partial charge on any atom is 0.307 e. The number of nitrogens with zero attached hydrogens (tertiary/aromatic N) is 3. The van der Waals surface area contributed by atoms with E-state index in [1.807, 2.05) is 11.6 Å². The monoisotopic (exact) mass is 330 g/mol.